The van der Waals surface area contributed by atoms with Crippen LogP contribution in [0.2, 0.25) is 0 Å². The van der Waals surface area contributed by atoms with Crippen LogP contribution in [0.5, 0.6) is 0 Å². The van der Waals surface area contributed by atoms with Crippen molar-refractivity contribution in [1.82, 2.24) is 0 Å². The third-order valence-corrected chi connectivity index (χ3v) is 3.14. The van der Waals surface area contributed by atoms with E-state index in [1.807, 2.05) is 0 Å². The van der Waals surface area contributed by atoms with E-state index in [1.54, 1.807) is 0 Å². The van der Waals surface area contributed by atoms with E-state index in [-0.39, 0.29) is 18.9 Å². The standard InChI is InChI=1S/2Cl2HO4P.Li.H/c2*1-5-7(3,4)6-2;;/h2*(H,3,4);;. The van der Waals surface area contributed by atoms with E-state index in [0.717, 1.165) is 0 Å². The Labute approximate surface area is 117 Å². The molecule has 0 saturated carbocycles. The molecule has 0 aliphatic carbocycles. The van der Waals surface area contributed by atoms with Crippen molar-refractivity contribution in [2.75, 3.05) is 0 Å². The van der Waals surface area contributed by atoms with Crippen LogP contribution in [-0.2, 0) is 25.4 Å². The van der Waals surface area contributed by atoms with E-state index in [9.17, 15) is 9.13 Å². The van der Waals surface area contributed by atoms with Gasteiger partial charge in [-0.1, -0.05) is 0 Å². The van der Waals surface area contributed by atoms with E-state index in [1.165, 1.54) is 0 Å². The molecule has 15 heavy (non-hydrogen) atoms. The second-order valence-corrected chi connectivity index (χ2v) is 5.30. The predicted octanol–water partition coefficient (Wildman–Crippen LogP) is 2.21. The van der Waals surface area contributed by atoms with Crippen molar-refractivity contribution in [2.24, 2.45) is 0 Å². The molecule has 0 amide bonds. The normalized spacial score (nSPS) is 11.1. The van der Waals surface area contributed by atoms with Crippen molar-refractivity contribution in [2.45, 2.75) is 0 Å². The van der Waals surface area contributed by atoms with Gasteiger partial charge >= 0.3 is 34.5 Å². The molecular formula is H3Cl4LiO8P2. The molecule has 0 atom stereocenters. The van der Waals surface area contributed by atoms with Crippen LogP contribution in [0.1, 0.15) is 0 Å². The third kappa shape index (κ3) is 16.0. The van der Waals surface area contributed by atoms with Gasteiger partial charge in [0.2, 0.25) is 0 Å². The first-order valence-corrected chi connectivity index (χ1v) is 6.34. The van der Waals surface area contributed by atoms with Gasteiger partial charge in [-0.25, -0.2) is 9.13 Å². The second-order valence-electron chi connectivity index (χ2n) is 1.21. The summed E-state index contributed by atoms with van der Waals surface area (Å²) in [5, 5.41) is 0. The summed E-state index contributed by atoms with van der Waals surface area (Å²) in [7, 11) is -8.25. The zero-order valence-electron chi connectivity index (χ0n) is 5.75. The van der Waals surface area contributed by atoms with Crippen LogP contribution in [-0.4, -0.2) is 28.6 Å². The van der Waals surface area contributed by atoms with Crippen molar-refractivity contribution < 1.29 is 35.2 Å². The molecule has 0 radical (unpaired) electrons. The Morgan fingerprint density at radius 1 is 0.733 bits per heavy atom. The Kier molecular flexibility index (Phi) is 16.4. The molecule has 0 heterocycles. The van der Waals surface area contributed by atoms with Crippen LogP contribution in [0, 0.1) is 0 Å². The summed E-state index contributed by atoms with van der Waals surface area (Å²) in [4.78, 5) is 16.0. The van der Waals surface area contributed by atoms with E-state index in [0.29, 0.717) is 0 Å². The first-order valence-electron chi connectivity index (χ1n) is 2.11. The van der Waals surface area contributed by atoms with Gasteiger partial charge in [0.1, 0.15) is 0 Å². The molecule has 0 aromatic carbocycles. The Balaban J connectivity index is -0.000000180. The maximum absolute atomic E-state index is 9.80. The molecule has 0 spiro atoms. The number of hydrogen-bond donors (Lipinski definition) is 2. The van der Waals surface area contributed by atoms with Crippen LogP contribution in [0.4, 0.5) is 0 Å². The van der Waals surface area contributed by atoms with Gasteiger partial charge in [-0.3, -0.25) is 0 Å². The van der Waals surface area contributed by atoms with Gasteiger partial charge in [-0.05, 0) is 0 Å². The van der Waals surface area contributed by atoms with Crippen molar-refractivity contribution in [1.29, 1.82) is 0 Å². The quantitative estimate of drug-likeness (QED) is 0.591. The Morgan fingerprint density at radius 2 is 0.867 bits per heavy atom. The number of rotatable bonds is 4. The molecule has 15 heteroatoms. The first-order chi connectivity index (χ1) is 6.24. The Morgan fingerprint density at radius 3 is 0.867 bits per heavy atom. The molecule has 0 fully saturated rings. The van der Waals surface area contributed by atoms with E-state index in [4.69, 9.17) is 9.79 Å². The number of halogens is 4. The molecule has 0 bridgehead atoms. The molecule has 0 aliphatic rings. The van der Waals surface area contributed by atoms with Crippen LogP contribution in [0.15, 0.2) is 0 Å². The summed E-state index contributed by atoms with van der Waals surface area (Å²) in [6.07, 6.45) is 0. The van der Waals surface area contributed by atoms with Gasteiger partial charge in [-0.15, -0.1) is 0 Å². The van der Waals surface area contributed by atoms with Crippen LogP contribution < -0.4 is 0 Å². The Bertz CT molecular complexity index is 193. The van der Waals surface area contributed by atoms with E-state index >= 15 is 0 Å². The molecule has 0 rings (SSSR count). The van der Waals surface area contributed by atoms with Gasteiger partial charge in [0.25, 0.3) is 0 Å². The van der Waals surface area contributed by atoms with E-state index < -0.39 is 15.6 Å². The minimum atomic E-state index is -4.12. The first kappa shape index (κ1) is 22.2. The van der Waals surface area contributed by atoms with Gasteiger partial charge < -0.3 is 9.79 Å². The van der Waals surface area contributed by atoms with Crippen molar-refractivity contribution in [3.8, 4) is 0 Å². The molecule has 0 saturated heterocycles. The van der Waals surface area contributed by atoms with Crippen LogP contribution >= 0.6 is 63.1 Å². The fourth-order valence-corrected chi connectivity index (χ4v) is 0.575. The maximum atomic E-state index is 9.80. The number of hydrogen-bond acceptors (Lipinski definition) is 6. The zero-order valence-corrected chi connectivity index (χ0v) is 10.6. The van der Waals surface area contributed by atoms with Crippen molar-refractivity contribution in [3.05, 3.63) is 0 Å². The summed E-state index contributed by atoms with van der Waals surface area (Å²) in [6, 6.07) is 0. The average molecular weight is 342 g/mol. The predicted molar refractivity (Wildman–Crippen MR) is 54.6 cm³/mol. The fourth-order valence-electron chi connectivity index (χ4n) is 0.0213. The van der Waals surface area contributed by atoms with Crippen LogP contribution in [0.3, 0.4) is 0 Å². The van der Waals surface area contributed by atoms with Crippen LogP contribution in [0.25, 0.3) is 0 Å². The van der Waals surface area contributed by atoms with Gasteiger partial charge in [0.15, 0.2) is 0 Å². The molecular weight excluding hydrogens is 339 g/mol. The summed E-state index contributed by atoms with van der Waals surface area (Å²) in [5.41, 5.74) is 0. The van der Waals surface area contributed by atoms with Crippen molar-refractivity contribution in [3.63, 3.8) is 0 Å². The number of phosphoric acid groups is 2. The summed E-state index contributed by atoms with van der Waals surface area (Å²) in [5.74, 6) is 0. The molecule has 0 unspecified atom stereocenters. The topological polar surface area (TPSA) is 112 Å². The minimum absolute atomic E-state index is 0. The molecule has 0 aliphatic heterocycles. The molecule has 8 nitrogen and oxygen atoms in total. The van der Waals surface area contributed by atoms with E-state index in [2.05, 4.69) is 63.8 Å². The molecule has 0 aromatic rings. The third-order valence-electron chi connectivity index (χ3n) is 0.349. The molecule has 90 valence electrons. The molecule has 2 N–H and O–H groups in total. The monoisotopic (exact) mass is 340 g/mol. The van der Waals surface area contributed by atoms with Gasteiger partial charge in [0, 0.05) is 0 Å². The summed E-state index contributed by atoms with van der Waals surface area (Å²) in [6.45, 7) is 0. The fraction of sp³-hybridized carbons (Fsp3) is 0. The second kappa shape index (κ2) is 11.1. The van der Waals surface area contributed by atoms with Crippen molar-refractivity contribution >= 4 is 82.0 Å². The molecule has 0 aromatic heterocycles. The average Bonchev–Trinajstić information content (AvgIpc) is 2.19. The summed E-state index contributed by atoms with van der Waals surface area (Å²) >= 11 is 17.5. The zero-order chi connectivity index (χ0) is 11.8. The van der Waals surface area contributed by atoms with Gasteiger partial charge in [0.05, 0.1) is 47.5 Å². The van der Waals surface area contributed by atoms with Gasteiger partial charge in [-0.2, -0.15) is 16.3 Å². The summed E-state index contributed by atoms with van der Waals surface area (Å²) < 4.78 is 32.9. The SMILES string of the molecule is O=P(O)(OCl)OCl.O=P(O)(OCl)OCl.[LiH]. The Hall–Kier alpha value is 1.98.